The molecule has 0 fully saturated rings. The maximum atomic E-state index is 4.19. The van der Waals surface area contributed by atoms with E-state index in [0.29, 0.717) is 0 Å². The van der Waals surface area contributed by atoms with E-state index in [9.17, 15) is 0 Å². The number of hydrogen-bond acceptors (Lipinski definition) is 1. The van der Waals surface area contributed by atoms with Crippen molar-refractivity contribution in [2.45, 2.75) is 27.7 Å². The van der Waals surface area contributed by atoms with Crippen molar-refractivity contribution < 1.29 is 0 Å². The summed E-state index contributed by atoms with van der Waals surface area (Å²) < 4.78 is 0. The summed E-state index contributed by atoms with van der Waals surface area (Å²) >= 11 is 0. The van der Waals surface area contributed by atoms with Gasteiger partial charge < -0.3 is 0 Å². The minimum atomic E-state index is 1.03. The van der Waals surface area contributed by atoms with E-state index in [2.05, 4.69) is 11.6 Å². The van der Waals surface area contributed by atoms with Gasteiger partial charge in [0.25, 0.3) is 0 Å². The van der Waals surface area contributed by atoms with Gasteiger partial charge in [0.15, 0.2) is 0 Å². The molecule has 0 rings (SSSR count). The van der Waals surface area contributed by atoms with Crippen molar-refractivity contribution in [1.82, 2.24) is 0 Å². The number of hydrogen-bond donors (Lipinski definition) is 0. The number of aliphatic imine (C=N–C) groups is 1. The summed E-state index contributed by atoms with van der Waals surface area (Å²) in [5, 5.41) is 0. The zero-order valence-electron chi connectivity index (χ0n) is 8.39. The summed E-state index contributed by atoms with van der Waals surface area (Å²) in [5.74, 6) is 0. The zero-order valence-corrected chi connectivity index (χ0v) is 8.39. The molecule has 66 valence electrons. The van der Waals surface area contributed by atoms with Gasteiger partial charge in [0.1, 0.15) is 0 Å². The molecule has 0 amide bonds. The van der Waals surface area contributed by atoms with Gasteiger partial charge in [-0.25, -0.2) is 0 Å². The summed E-state index contributed by atoms with van der Waals surface area (Å²) in [7, 11) is 0. The molecule has 12 heavy (non-hydrogen) atoms. The first-order valence-corrected chi connectivity index (χ1v) is 4.11. The average molecular weight is 163 g/mol. The molecule has 0 spiro atoms. The highest BCUT2D eigenvalue weighted by Gasteiger charge is 1.95. The first kappa shape index (κ1) is 10.9. The Hall–Kier alpha value is -1.11. The molecule has 0 aromatic carbocycles. The highest BCUT2D eigenvalue weighted by Crippen LogP contribution is 2.14. The van der Waals surface area contributed by atoms with Gasteiger partial charge in [0, 0.05) is 11.9 Å². The van der Waals surface area contributed by atoms with Gasteiger partial charge in [0.05, 0.1) is 0 Å². The van der Waals surface area contributed by atoms with Crippen molar-refractivity contribution >= 4 is 6.21 Å². The first-order chi connectivity index (χ1) is 5.63. The van der Waals surface area contributed by atoms with E-state index < -0.39 is 0 Å². The van der Waals surface area contributed by atoms with E-state index in [4.69, 9.17) is 0 Å². The first-order valence-electron chi connectivity index (χ1n) is 4.11. The van der Waals surface area contributed by atoms with Crippen LogP contribution in [0, 0.1) is 0 Å². The van der Waals surface area contributed by atoms with Crippen molar-refractivity contribution in [2.75, 3.05) is 0 Å². The van der Waals surface area contributed by atoms with Crippen LogP contribution in [0.25, 0.3) is 0 Å². The van der Waals surface area contributed by atoms with Crippen LogP contribution in [-0.4, -0.2) is 6.21 Å². The molecule has 0 N–H and O–H groups in total. The SMILES string of the molecule is C=C(/C=C\C)/C(C)=C(/C)N=CC. The number of rotatable bonds is 3. The maximum absolute atomic E-state index is 4.19. The molecule has 0 heterocycles. The van der Waals surface area contributed by atoms with Crippen LogP contribution in [0.1, 0.15) is 27.7 Å². The summed E-state index contributed by atoms with van der Waals surface area (Å²) in [5.41, 5.74) is 3.20. The van der Waals surface area contributed by atoms with Crippen molar-refractivity contribution in [3.63, 3.8) is 0 Å². The minimum absolute atomic E-state index is 1.03. The smallest absolute Gasteiger partial charge is 0.0403 e. The predicted molar refractivity (Wildman–Crippen MR) is 56.5 cm³/mol. The van der Waals surface area contributed by atoms with E-state index in [0.717, 1.165) is 16.8 Å². The second-order valence-corrected chi connectivity index (χ2v) is 2.62. The highest BCUT2D eigenvalue weighted by molar-refractivity contribution is 5.56. The van der Waals surface area contributed by atoms with Gasteiger partial charge in [-0.1, -0.05) is 18.7 Å². The molecule has 0 aliphatic rings. The molecule has 0 bridgehead atoms. The number of nitrogens with zero attached hydrogens (tertiary/aromatic N) is 1. The summed E-state index contributed by atoms with van der Waals surface area (Å²) in [6, 6.07) is 0. The predicted octanol–water partition coefficient (Wildman–Crippen LogP) is 3.50. The lowest BCUT2D eigenvalue weighted by molar-refractivity contribution is 1.22. The molecule has 0 aromatic rings. The lowest BCUT2D eigenvalue weighted by Gasteiger charge is -2.02. The Morgan fingerprint density at radius 1 is 1.25 bits per heavy atom. The molecule has 1 nitrogen and oxygen atoms in total. The van der Waals surface area contributed by atoms with Crippen LogP contribution in [0.15, 0.2) is 40.6 Å². The summed E-state index contributed by atoms with van der Waals surface area (Å²) in [6.45, 7) is 11.8. The Kier molecular flexibility index (Phi) is 5.02. The van der Waals surface area contributed by atoms with Crippen LogP contribution in [-0.2, 0) is 0 Å². The molecule has 0 aromatic heterocycles. The monoisotopic (exact) mass is 163 g/mol. The van der Waals surface area contributed by atoms with Gasteiger partial charge in [-0.15, -0.1) is 0 Å². The Bertz CT molecular complexity index is 242. The zero-order chi connectivity index (χ0) is 9.56. The highest BCUT2D eigenvalue weighted by atomic mass is 14.7. The van der Waals surface area contributed by atoms with Crippen LogP contribution in [0.5, 0.6) is 0 Å². The van der Waals surface area contributed by atoms with Crippen LogP contribution in [0.2, 0.25) is 0 Å². The molecule has 0 saturated carbocycles. The maximum Gasteiger partial charge on any atom is 0.0403 e. The van der Waals surface area contributed by atoms with Crippen LogP contribution in [0.4, 0.5) is 0 Å². The van der Waals surface area contributed by atoms with Crippen molar-refractivity contribution in [1.29, 1.82) is 0 Å². The third kappa shape index (κ3) is 3.33. The topological polar surface area (TPSA) is 12.4 Å². The van der Waals surface area contributed by atoms with E-state index in [1.54, 1.807) is 6.21 Å². The van der Waals surface area contributed by atoms with E-state index >= 15 is 0 Å². The van der Waals surface area contributed by atoms with Crippen molar-refractivity contribution in [2.24, 2.45) is 4.99 Å². The molecule has 0 aliphatic carbocycles. The Labute approximate surface area is 75.2 Å². The fourth-order valence-corrected chi connectivity index (χ4v) is 0.849. The third-order valence-corrected chi connectivity index (χ3v) is 1.71. The van der Waals surface area contributed by atoms with Crippen LogP contribution in [0.3, 0.4) is 0 Å². The Balaban J connectivity index is 4.65. The largest absolute Gasteiger partial charge is 0.266 e. The van der Waals surface area contributed by atoms with Gasteiger partial charge in [0.2, 0.25) is 0 Å². The van der Waals surface area contributed by atoms with Crippen LogP contribution < -0.4 is 0 Å². The average Bonchev–Trinajstić information content (AvgIpc) is 2.04. The molecule has 0 aliphatic heterocycles. The Morgan fingerprint density at radius 2 is 1.83 bits per heavy atom. The standard InChI is InChI=1S/C11H17N/c1-6-8-9(3)10(4)11(5)12-7-2/h6-8H,3H2,1-2,4-5H3/b8-6-,11-10-,12-7?. The molecule has 0 radical (unpaired) electrons. The molecule has 0 unspecified atom stereocenters. The Morgan fingerprint density at radius 3 is 2.25 bits per heavy atom. The normalized spacial score (nSPS) is 14.0. The fourth-order valence-electron chi connectivity index (χ4n) is 0.849. The molecule has 1 heteroatoms. The van der Waals surface area contributed by atoms with E-state index in [-0.39, 0.29) is 0 Å². The molecule has 0 saturated heterocycles. The second-order valence-electron chi connectivity index (χ2n) is 2.62. The van der Waals surface area contributed by atoms with Gasteiger partial charge in [-0.3, -0.25) is 4.99 Å². The van der Waals surface area contributed by atoms with Gasteiger partial charge >= 0.3 is 0 Å². The van der Waals surface area contributed by atoms with Gasteiger partial charge in [-0.05, 0) is 38.8 Å². The lowest BCUT2D eigenvalue weighted by Crippen LogP contribution is -1.83. The van der Waals surface area contributed by atoms with Crippen molar-refractivity contribution in [3.8, 4) is 0 Å². The second kappa shape index (κ2) is 5.53. The molecule has 0 atom stereocenters. The lowest BCUT2D eigenvalue weighted by atomic mass is 10.1. The van der Waals surface area contributed by atoms with E-state index in [1.807, 2.05) is 39.8 Å². The third-order valence-electron chi connectivity index (χ3n) is 1.71. The fraction of sp³-hybridized carbons (Fsp3) is 0.364. The number of allylic oxidation sites excluding steroid dienone is 5. The van der Waals surface area contributed by atoms with E-state index in [1.165, 1.54) is 0 Å². The van der Waals surface area contributed by atoms with Crippen molar-refractivity contribution in [3.05, 3.63) is 35.6 Å². The summed E-state index contributed by atoms with van der Waals surface area (Å²) in [6.07, 6.45) is 5.76. The van der Waals surface area contributed by atoms with Gasteiger partial charge in [-0.2, -0.15) is 0 Å². The molecular weight excluding hydrogens is 146 g/mol. The quantitative estimate of drug-likeness (QED) is 0.446. The summed E-state index contributed by atoms with van der Waals surface area (Å²) in [4.78, 5) is 4.19. The molecular formula is C11H17N. The van der Waals surface area contributed by atoms with Crippen LogP contribution >= 0.6 is 0 Å². The minimum Gasteiger partial charge on any atom is -0.266 e.